The van der Waals surface area contributed by atoms with E-state index in [1.807, 2.05) is 0 Å². The van der Waals surface area contributed by atoms with Crippen LogP contribution in [0.2, 0.25) is 0 Å². The highest BCUT2D eigenvalue weighted by atomic mass is 32.4. The highest BCUT2D eigenvalue weighted by Gasteiger charge is 1.25. The van der Waals surface area contributed by atoms with Crippen LogP contribution in [-0.2, 0) is 10.5 Å². The van der Waals surface area contributed by atoms with Gasteiger partial charge in [0.2, 0.25) is 0 Å². The first-order chi connectivity index (χ1) is 1.91. The lowest BCUT2D eigenvalue weighted by Crippen LogP contribution is -1.13. The molecule has 0 aliphatic rings. The first kappa shape index (κ1) is 4.39. The second kappa shape index (κ2) is 3.39. The second-order valence-electron chi connectivity index (χ2n) is 0.312. The van der Waals surface area contributed by atoms with Crippen molar-refractivity contribution in [1.29, 1.82) is 0 Å². The van der Waals surface area contributed by atoms with E-state index in [-0.39, 0.29) is 0 Å². The van der Waals surface area contributed by atoms with E-state index in [9.17, 15) is 0 Å². The SMILES string of the molecule is C=S=PC. The van der Waals surface area contributed by atoms with Crippen LogP contribution < -0.4 is 0 Å². The van der Waals surface area contributed by atoms with Crippen LogP contribution in [-0.4, -0.2) is 12.5 Å². The van der Waals surface area contributed by atoms with E-state index in [1.165, 1.54) is 7.36 Å². The summed E-state index contributed by atoms with van der Waals surface area (Å²) in [4.78, 5) is 0. The summed E-state index contributed by atoms with van der Waals surface area (Å²) < 4.78 is 0. The highest BCUT2D eigenvalue weighted by Crippen LogP contribution is 1.72. The molecule has 0 spiro atoms. The Labute approximate surface area is 31.2 Å². The van der Waals surface area contributed by atoms with E-state index in [2.05, 4.69) is 12.5 Å². The predicted octanol–water partition coefficient (Wildman–Crippen LogP) is 0.992. The Kier molecular flexibility index (Phi) is 3.72. The van der Waals surface area contributed by atoms with E-state index in [4.69, 9.17) is 0 Å². The normalized spacial score (nSPS) is 7.25. The molecule has 0 aliphatic heterocycles. The molecular weight excluding hydrogens is 87.1 g/mol. The van der Waals surface area contributed by atoms with Gasteiger partial charge in [0.15, 0.2) is 0 Å². The van der Waals surface area contributed by atoms with Crippen molar-refractivity contribution in [3.8, 4) is 0 Å². The summed E-state index contributed by atoms with van der Waals surface area (Å²) in [6, 6.07) is 0. The Morgan fingerprint density at radius 1 is 2.00 bits per heavy atom. The van der Waals surface area contributed by atoms with Crippen LogP contribution in [0.3, 0.4) is 0 Å². The number of hydrogen-bond acceptors (Lipinski definition) is 0. The summed E-state index contributed by atoms with van der Waals surface area (Å²) in [6.07, 6.45) is 0. The van der Waals surface area contributed by atoms with E-state index >= 15 is 0 Å². The third-order valence-corrected chi connectivity index (χ3v) is 1.16. The van der Waals surface area contributed by atoms with Gasteiger partial charge in [-0.2, -0.15) is 0 Å². The predicted molar refractivity (Wildman–Crippen MR) is 27.3 cm³/mol. The van der Waals surface area contributed by atoms with E-state index in [0.29, 0.717) is 0 Å². The van der Waals surface area contributed by atoms with Gasteiger partial charge in [-0.1, -0.05) is 0 Å². The Hall–Kier alpha value is 0.390. The molecular formula is C2H5PS. The third-order valence-electron chi connectivity index (χ3n) is 0.129. The Morgan fingerprint density at radius 2 is 2.25 bits per heavy atom. The summed E-state index contributed by atoms with van der Waals surface area (Å²) in [6.45, 7) is 2.05. The zero-order valence-corrected chi connectivity index (χ0v) is 4.27. The van der Waals surface area contributed by atoms with Crippen LogP contribution in [0.5, 0.6) is 0 Å². The fraction of sp³-hybridized carbons (Fsp3) is 0.500. The van der Waals surface area contributed by atoms with Gasteiger partial charge in [-0.05, 0) is 19.9 Å². The quantitative estimate of drug-likeness (QED) is 0.309. The summed E-state index contributed by atoms with van der Waals surface area (Å²) >= 11 is 0. The molecule has 0 atom stereocenters. The van der Waals surface area contributed by atoms with Gasteiger partial charge in [0.25, 0.3) is 0 Å². The van der Waals surface area contributed by atoms with Gasteiger partial charge in [-0.3, -0.25) is 0 Å². The smallest absolute Gasteiger partial charge is 0.0127 e. The molecule has 24 valence electrons. The standard InChI is InChI=1S/C2H5PS/c1-3-4-2/h2H2,1H3. The molecule has 0 radical (unpaired) electrons. The van der Waals surface area contributed by atoms with Crippen LogP contribution in [0.4, 0.5) is 0 Å². The molecule has 0 aliphatic carbocycles. The minimum atomic E-state index is 1.30. The first-order valence-electron chi connectivity index (χ1n) is 0.918. The summed E-state index contributed by atoms with van der Waals surface area (Å²) in [5, 5.41) is 0. The van der Waals surface area contributed by atoms with Crippen LogP contribution in [0.1, 0.15) is 0 Å². The second-order valence-corrected chi connectivity index (χ2v) is 2.81. The van der Waals surface area contributed by atoms with Crippen molar-refractivity contribution < 1.29 is 0 Å². The fourth-order valence-corrected chi connectivity index (χ4v) is 0. The largest absolute Gasteiger partial charge is 0.134 e. The average molecular weight is 92.1 g/mol. The maximum atomic E-state index is 3.51. The molecule has 0 N–H and O–H groups in total. The molecule has 0 amide bonds. The monoisotopic (exact) mass is 92.0 g/mol. The lowest BCUT2D eigenvalue weighted by Gasteiger charge is -1.37. The lowest BCUT2D eigenvalue weighted by atomic mass is 12.0. The first-order valence-corrected chi connectivity index (χ1v) is 3.85. The molecule has 0 aromatic rings. The molecule has 0 saturated carbocycles. The zero-order chi connectivity index (χ0) is 3.41. The molecule has 0 fully saturated rings. The Morgan fingerprint density at radius 3 is 2.25 bits per heavy atom. The van der Waals surface area contributed by atoms with Gasteiger partial charge in [0.05, 0.1) is 0 Å². The average Bonchev–Trinajstić information content (AvgIpc) is 1.37. The Balaban J connectivity index is 3.11. The summed E-state index contributed by atoms with van der Waals surface area (Å²) in [5.41, 5.74) is 0. The van der Waals surface area contributed by atoms with Gasteiger partial charge >= 0.3 is 0 Å². The van der Waals surface area contributed by atoms with Gasteiger partial charge in [-0.15, -0.1) is 10.5 Å². The maximum absolute atomic E-state index is 3.51. The van der Waals surface area contributed by atoms with E-state index < -0.39 is 0 Å². The minimum absolute atomic E-state index is 1.30. The number of rotatable bonds is 0. The van der Waals surface area contributed by atoms with Crippen molar-refractivity contribution in [2.45, 2.75) is 0 Å². The molecule has 0 aromatic carbocycles. The number of hydrogen-bond donors (Lipinski definition) is 0. The van der Waals surface area contributed by atoms with Crippen molar-refractivity contribution in [2.24, 2.45) is 0 Å². The molecule has 2 heteroatoms. The molecule has 0 rings (SSSR count). The van der Waals surface area contributed by atoms with Crippen molar-refractivity contribution in [1.82, 2.24) is 0 Å². The van der Waals surface area contributed by atoms with Crippen LogP contribution in [0, 0.1) is 0 Å². The third kappa shape index (κ3) is 2.39. The maximum Gasteiger partial charge on any atom is -0.0127 e. The summed E-state index contributed by atoms with van der Waals surface area (Å²) in [7, 11) is 2.88. The molecule has 0 saturated heterocycles. The topological polar surface area (TPSA) is 0 Å². The zero-order valence-electron chi connectivity index (χ0n) is 2.56. The lowest BCUT2D eigenvalue weighted by molar-refractivity contribution is 2.52. The van der Waals surface area contributed by atoms with E-state index in [1.54, 1.807) is 10.5 Å². The van der Waals surface area contributed by atoms with Crippen molar-refractivity contribution >= 4 is 23.8 Å². The van der Waals surface area contributed by atoms with Crippen LogP contribution >= 0.6 is 7.36 Å². The molecule has 0 bridgehead atoms. The van der Waals surface area contributed by atoms with Gasteiger partial charge in [0, 0.05) is 0 Å². The molecule has 0 aromatic heterocycles. The molecule has 0 nitrogen and oxygen atoms in total. The van der Waals surface area contributed by atoms with Gasteiger partial charge < -0.3 is 0 Å². The van der Waals surface area contributed by atoms with Crippen LogP contribution in [0.25, 0.3) is 0 Å². The van der Waals surface area contributed by atoms with Crippen LogP contribution in [0.15, 0.2) is 0 Å². The highest BCUT2D eigenvalue weighted by molar-refractivity contribution is 8.06. The van der Waals surface area contributed by atoms with Crippen molar-refractivity contribution in [3.05, 3.63) is 0 Å². The molecule has 0 heterocycles. The van der Waals surface area contributed by atoms with Gasteiger partial charge in [-0.25, -0.2) is 0 Å². The van der Waals surface area contributed by atoms with Crippen molar-refractivity contribution in [2.75, 3.05) is 6.66 Å². The minimum Gasteiger partial charge on any atom is -0.134 e. The van der Waals surface area contributed by atoms with E-state index in [0.717, 1.165) is 0 Å². The van der Waals surface area contributed by atoms with Crippen molar-refractivity contribution in [3.63, 3.8) is 0 Å². The Bertz CT molecular complexity index is 44.0. The summed E-state index contributed by atoms with van der Waals surface area (Å²) in [5.74, 6) is 3.51. The molecule has 0 unspecified atom stereocenters. The molecule has 4 heavy (non-hydrogen) atoms. The van der Waals surface area contributed by atoms with Gasteiger partial charge in [0.1, 0.15) is 0 Å². The fourth-order valence-electron chi connectivity index (χ4n) is 0.